The number of aliphatic hydroxyl groups excluding tert-OH is 1. The van der Waals surface area contributed by atoms with Gasteiger partial charge in [0.05, 0.1) is 11.2 Å². The fraction of sp³-hybridized carbons (Fsp3) is 0.400. The largest absolute Gasteiger partial charge is 0.386 e. The molecule has 0 fully saturated rings. The fourth-order valence-corrected chi connectivity index (χ4v) is 3.55. The second-order valence-electron chi connectivity index (χ2n) is 5.53. The zero-order valence-corrected chi connectivity index (χ0v) is 11.1. The molecule has 0 aliphatic heterocycles. The first kappa shape index (κ1) is 12.4. The molecule has 4 heteroatoms. The van der Waals surface area contributed by atoms with E-state index in [0.717, 1.165) is 17.6 Å². The summed E-state index contributed by atoms with van der Waals surface area (Å²) in [4.78, 5) is 14.2. The zero-order chi connectivity index (χ0) is 13.8. The molecular formula is C15H18N2O2. The molecule has 0 saturated heterocycles. The van der Waals surface area contributed by atoms with Gasteiger partial charge >= 0.3 is 0 Å². The van der Waals surface area contributed by atoms with Crippen LogP contribution in [-0.2, 0) is 5.54 Å². The summed E-state index contributed by atoms with van der Waals surface area (Å²) in [5.74, 6) is -0.144. The topological polar surface area (TPSA) is 79.1 Å². The Bertz CT molecular complexity index is 656. The molecule has 3 unspecified atom stereocenters. The number of hydrogen-bond acceptors (Lipinski definition) is 3. The quantitative estimate of drug-likeness (QED) is 0.617. The SMILES string of the molecule is CC=C1C2C=C(C)CC1(N)c1ccc(=O)[nH]c1C2O. The van der Waals surface area contributed by atoms with Gasteiger partial charge in [-0.25, -0.2) is 0 Å². The highest BCUT2D eigenvalue weighted by Crippen LogP contribution is 2.51. The van der Waals surface area contributed by atoms with Gasteiger partial charge in [0, 0.05) is 12.0 Å². The first-order valence-corrected chi connectivity index (χ1v) is 6.52. The molecule has 2 bridgehead atoms. The average molecular weight is 258 g/mol. The maximum atomic E-state index is 11.5. The Labute approximate surface area is 111 Å². The molecule has 19 heavy (non-hydrogen) atoms. The van der Waals surface area contributed by atoms with Crippen LogP contribution in [0.5, 0.6) is 0 Å². The number of allylic oxidation sites excluding steroid dienone is 1. The van der Waals surface area contributed by atoms with Gasteiger partial charge in [-0.2, -0.15) is 0 Å². The Hall–Kier alpha value is -1.65. The van der Waals surface area contributed by atoms with Gasteiger partial charge in [-0.3, -0.25) is 4.79 Å². The third-order valence-electron chi connectivity index (χ3n) is 4.27. The molecule has 1 aromatic heterocycles. The lowest BCUT2D eigenvalue weighted by Crippen LogP contribution is -2.49. The molecule has 0 amide bonds. The fourth-order valence-electron chi connectivity index (χ4n) is 3.55. The Morgan fingerprint density at radius 1 is 1.53 bits per heavy atom. The number of pyridine rings is 1. The van der Waals surface area contributed by atoms with E-state index in [4.69, 9.17) is 5.73 Å². The highest BCUT2D eigenvalue weighted by Gasteiger charge is 2.47. The Morgan fingerprint density at radius 2 is 2.26 bits per heavy atom. The number of nitrogens with two attached hydrogens (primary N) is 1. The number of nitrogens with one attached hydrogen (secondary N) is 1. The van der Waals surface area contributed by atoms with Crippen LogP contribution in [0.4, 0.5) is 0 Å². The molecule has 0 spiro atoms. The summed E-state index contributed by atoms with van der Waals surface area (Å²) in [6.45, 7) is 3.98. The molecule has 2 aliphatic carbocycles. The highest BCUT2D eigenvalue weighted by atomic mass is 16.3. The van der Waals surface area contributed by atoms with Crippen molar-refractivity contribution in [3.63, 3.8) is 0 Å². The first-order valence-electron chi connectivity index (χ1n) is 6.52. The van der Waals surface area contributed by atoms with Gasteiger partial charge in [0.2, 0.25) is 5.56 Å². The summed E-state index contributed by atoms with van der Waals surface area (Å²) in [6.07, 6.45) is 4.03. The van der Waals surface area contributed by atoms with E-state index in [1.165, 1.54) is 11.6 Å². The third kappa shape index (κ3) is 1.57. The van der Waals surface area contributed by atoms with Gasteiger partial charge in [0.1, 0.15) is 6.10 Å². The average Bonchev–Trinajstić information content (AvgIpc) is 2.35. The van der Waals surface area contributed by atoms with Gasteiger partial charge in [-0.15, -0.1) is 0 Å². The predicted octanol–water partition coefficient (Wildman–Crippen LogP) is 1.49. The van der Waals surface area contributed by atoms with Crippen molar-refractivity contribution in [3.05, 3.63) is 57.0 Å². The van der Waals surface area contributed by atoms with Crippen LogP contribution in [0.25, 0.3) is 0 Å². The lowest BCUT2D eigenvalue weighted by Gasteiger charge is -2.47. The maximum Gasteiger partial charge on any atom is 0.248 e. The molecule has 3 rings (SSSR count). The summed E-state index contributed by atoms with van der Waals surface area (Å²) in [5, 5.41) is 10.5. The van der Waals surface area contributed by atoms with Gasteiger partial charge in [-0.1, -0.05) is 17.7 Å². The molecule has 0 saturated carbocycles. The number of fused-ring (bicyclic) bond motifs is 4. The smallest absolute Gasteiger partial charge is 0.248 e. The third-order valence-corrected chi connectivity index (χ3v) is 4.27. The number of rotatable bonds is 0. The molecule has 100 valence electrons. The van der Waals surface area contributed by atoms with Crippen LogP contribution in [-0.4, -0.2) is 10.1 Å². The highest BCUT2D eigenvalue weighted by molar-refractivity contribution is 5.50. The predicted molar refractivity (Wildman–Crippen MR) is 73.5 cm³/mol. The van der Waals surface area contributed by atoms with E-state index in [0.29, 0.717) is 5.69 Å². The van der Waals surface area contributed by atoms with Crippen molar-refractivity contribution in [2.45, 2.75) is 31.9 Å². The number of hydrogen-bond donors (Lipinski definition) is 3. The molecule has 3 atom stereocenters. The summed E-state index contributed by atoms with van der Waals surface area (Å²) in [5.41, 5.74) is 9.41. The Morgan fingerprint density at radius 3 is 2.95 bits per heavy atom. The second kappa shape index (κ2) is 3.92. The standard InChI is InChI=1S/C15H18N2O2/c1-3-10-9-6-8(2)7-15(10,16)11-4-5-12(18)17-13(11)14(9)19/h3-6,9,14,19H,7,16H2,1-2H3,(H,17,18). The number of aliphatic hydroxyl groups is 1. The van der Waals surface area contributed by atoms with Crippen molar-refractivity contribution in [1.29, 1.82) is 0 Å². The van der Waals surface area contributed by atoms with Crippen LogP contribution in [0, 0.1) is 5.92 Å². The van der Waals surface area contributed by atoms with Crippen molar-refractivity contribution in [2.75, 3.05) is 0 Å². The minimum atomic E-state index is -0.734. The molecule has 0 radical (unpaired) electrons. The monoisotopic (exact) mass is 258 g/mol. The van der Waals surface area contributed by atoms with E-state index in [2.05, 4.69) is 11.1 Å². The van der Waals surface area contributed by atoms with E-state index in [-0.39, 0.29) is 11.5 Å². The molecule has 1 aromatic rings. The summed E-state index contributed by atoms with van der Waals surface area (Å²) < 4.78 is 0. The summed E-state index contributed by atoms with van der Waals surface area (Å²) >= 11 is 0. The van der Waals surface area contributed by atoms with E-state index >= 15 is 0 Å². The van der Waals surface area contributed by atoms with Crippen molar-refractivity contribution >= 4 is 0 Å². The number of aromatic amines is 1. The maximum absolute atomic E-state index is 11.5. The molecule has 4 nitrogen and oxygen atoms in total. The van der Waals surface area contributed by atoms with Gasteiger partial charge < -0.3 is 15.8 Å². The van der Waals surface area contributed by atoms with E-state index < -0.39 is 11.6 Å². The molecular weight excluding hydrogens is 240 g/mol. The van der Waals surface area contributed by atoms with Crippen molar-refractivity contribution in [3.8, 4) is 0 Å². The summed E-state index contributed by atoms with van der Waals surface area (Å²) in [6, 6.07) is 3.22. The van der Waals surface area contributed by atoms with E-state index in [1.807, 2.05) is 19.9 Å². The molecule has 0 aromatic carbocycles. The first-order chi connectivity index (χ1) is 8.97. The normalized spacial score (nSPS) is 34.9. The minimum absolute atomic E-state index is 0.144. The Kier molecular flexibility index (Phi) is 2.56. The van der Waals surface area contributed by atoms with Crippen molar-refractivity contribution in [1.82, 2.24) is 4.98 Å². The van der Waals surface area contributed by atoms with Crippen LogP contribution in [0.1, 0.15) is 37.6 Å². The van der Waals surface area contributed by atoms with Crippen LogP contribution in [0.15, 0.2) is 40.2 Å². The summed E-state index contributed by atoms with van der Waals surface area (Å²) in [7, 11) is 0. The number of H-pyrrole nitrogens is 1. The molecule has 2 aliphatic rings. The zero-order valence-electron chi connectivity index (χ0n) is 11.1. The van der Waals surface area contributed by atoms with Crippen LogP contribution in [0.3, 0.4) is 0 Å². The second-order valence-corrected chi connectivity index (χ2v) is 5.53. The van der Waals surface area contributed by atoms with Gasteiger partial charge in [-0.05, 0) is 37.5 Å². The molecule has 4 N–H and O–H groups in total. The minimum Gasteiger partial charge on any atom is -0.386 e. The molecule has 1 heterocycles. The van der Waals surface area contributed by atoms with E-state index in [9.17, 15) is 9.90 Å². The van der Waals surface area contributed by atoms with Crippen molar-refractivity contribution < 1.29 is 5.11 Å². The number of aromatic nitrogens is 1. The van der Waals surface area contributed by atoms with Crippen molar-refractivity contribution in [2.24, 2.45) is 11.7 Å². The lowest BCUT2D eigenvalue weighted by atomic mass is 9.62. The lowest BCUT2D eigenvalue weighted by molar-refractivity contribution is 0.116. The van der Waals surface area contributed by atoms with Crippen LogP contribution < -0.4 is 11.3 Å². The van der Waals surface area contributed by atoms with Gasteiger partial charge in [0.15, 0.2) is 0 Å². The van der Waals surface area contributed by atoms with E-state index in [1.54, 1.807) is 6.07 Å². The Balaban J connectivity index is 2.34. The van der Waals surface area contributed by atoms with Gasteiger partial charge in [0.25, 0.3) is 0 Å². The van der Waals surface area contributed by atoms with Crippen LogP contribution >= 0.6 is 0 Å². The van der Waals surface area contributed by atoms with Crippen LogP contribution in [0.2, 0.25) is 0 Å².